The van der Waals surface area contributed by atoms with Gasteiger partial charge in [0.15, 0.2) is 6.61 Å². The van der Waals surface area contributed by atoms with Gasteiger partial charge in [-0.2, -0.15) is 5.10 Å². The Morgan fingerprint density at radius 3 is 2.55 bits per heavy atom. The van der Waals surface area contributed by atoms with Gasteiger partial charge in [-0.3, -0.25) is 4.79 Å². The zero-order chi connectivity index (χ0) is 21.0. The van der Waals surface area contributed by atoms with Crippen molar-refractivity contribution in [3.63, 3.8) is 0 Å². The number of hydrogen-bond acceptors (Lipinski definition) is 4. The fourth-order valence-corrected chi connectivity index (χ4v) is 3.17. The maximum absolute atomic E-state index is 13.1. The molecule has 1 aromatic heterocycles. The second-order valence-corrected chi connectivity index (χ2v) is 6.63. The van der Waals surface area contributed by atoms with Crippen LogP contribution in [0.3, 0.4) is 0 Å². The third-order valence-electron chi connectivity index (χ3n) is 4.29. The summed E-state index contributed by atoms with van der Waals surface area (Å²) in [5.74, 6) is -1.62. The Morgan fingerprint density at radius 2 is 1.86 bits per heavy atom. The molecule has 0 aliphatic rings. The number of carbonyl (C=O) groups is 2. The average molecular weight is 416 g/mol. The number of para-hydroxylation sites is 1. The number of hydrogen-bond donors (Lipinski definition) is 1. The highest BCUT2D eigenvalue weighted by Gasteiger charge is 2.23. The Kier molecular flexibility index (Phi) is 6.29. The first-order valence-corrected chi connectivity index (χ1v) is 9.34. The molecular weight excluding hydrogens is 397 g/mol. The van der Waals surface area contributed by atoms with Gasteiger partial charge >= 0.3 is 5.97 Å². The minimum atomic E-state index is -0.764. The molecule has 0 saturated carbocycles. The lowest BCUT2D eigenvalue weighted by molar-refractivity contribution is -0.119. The van der Waals surface area contributed by atoms with E-state index in [0.717, 1.165) is 12.0 Å². The average Bonchev–Trinajstić information content (AvgIpc) is 3.01. The number of amides is 1. The van der Waals surface area contributed by atoms with Crippen molar-refractivity contribution in [1.29, 1.82) is 0 Å². The number of rotatable bonds is 6. The van der Waals surface area contributed by atoms with Gasteiger partial charge in [-0.1, -0.05) is 36.7 Å². The number of aryl methyl sites for hydroxylation is 2. The number of anilines is 1. The molecule has 0 unspecified atom stereocenters. The number of nitrogens with one attached hydrogen (secondary N) is 1. The maximum Gasteiger partial charge on any atom is 0.343 e. The third-order valence-corrected chi connectivity index (χ3v) is 4.64. The summed E-state index contributed by atoms with van der Waals surface area (Å²) in [7, 11) is 0. The van der Waals surface area contributed by atoms with Gasteiger partial charge in [-0.25, -0.2) is 13.9 Å². The molecule has 6 nitrogen and oxygen atoms in total. The van der Waals surface area contributed by atoms with E-state index in [0.29, 0.717) is 17.1 Å². The summed E-state index contributed by atoms with van der Waals surface area (Å²) in [5.41, 5.74) is 2.53. The number of benzene rings is 2. The molecule has 0 radical (unpaired) electrons. The zero-order valence-electron chi connectivity index (χ0n) is 15.9. The van der Waals surface area contributed by atoms with E-state index >= 15 is 0 Å². The summed E-state index contributed by atoms with van der Waals surface area (Å²) < 4.78 is 19.5. The number of halogens is 2. The van der Waals surface area contributed by atoms with Crippen LogP contribution in [0.25, 0.3) is 5.69 Å². The first kappa shape index (κ1) is 20.5. The van der Waals surface area contributed by atoms with Crippen molar-refractivity contribution >= 4 is 29.2 Å². The summed E-state index contributed by atoms with van der Waals surface area (Å²) in [6.07, 6.45) is 0.758. The summed E-state index contributed by atoms with van der Waals surface area (Å²) in [6.45, 7) is 3.11. The van der Waals surface area contributed by atoms with Crippen molar-refractivity contribution in [2.24, 2.45) is 0 Å². The highest BCUT2D eigenvalue weighted by Crippen LogP contribution is 2.24. The molecule has 0 aliphatic carbocycles. The van der Waals surface area contributed by atoms with Gasteiger partial charge in [-0.05, 0) is 49.2 Å². The number of carbonyl (C=O) groups excluding carboxylic acids is 2. The number of esters is 1. The van der Waals surface area contributed by atoms with Gasteiger partial charge in [0.1, 0.15) is 16.5 Å². The van der Waals surface area contributed by atoms with Crippen molar-refractivity contribution in [2.45, 2.75) is 20.3 Å². The minimum absolute atomic E-state index is 0.0239. The highest BCUT2D eigenvalue weighted by molar-refractivity contribution is 6.33. The molecule has 150 valence electrons. The molecule has 3 rings (SSSR count). The molecule has 1 heterocycles. The van der Waals surface area contributed by atoms with Gasteiger partial charge in [0.05, 0.1) is 11.4 Å². The van der Waals surface area contributed by atoms with Gasteiger partial charge in [0, 0.05) is 5.69 Å². The van der Waals surface area contributed by atoms with E-state index < -0.39 is 24.3 Å². The van der Waals surface area contributed by atoms with Crippen molar-refractivity contribution in [1.82, 2.24) is 9.78 Å². The molecular formula is C21H19ClFN3O3. The van der Waals surface area contributed by atoms with Crippen LogP contribution in [0.5, 0.6) is 0 Å². The lowest BCUT2D eigenvalue weighted by Crippen LogP contribution is -2.21. The Labute approximate surface area is 172 Å². The number of ether oxygens (including phenoxy) is 1. The second kappa shape index (κ2) is 8.87. The van der Waals surface area contributed by atoms with Crippen LogP contribution in [0.4, 0.5) is 10.1 Å². The number of aromatic nitrogens is 2. The molecule has 29 heavy (non-hydrogen) atoms. The molecule has 1 amide bonds. The zero-order valence-corrected chi connectivity index (χ0v) is 16.7. The van der Waals surface area contributed by atoms with E-state index in [9.17, 15) is 14.0 Å². The van der Waals surface area contributed by atoms with Gasteiger partial charge in [-0.15, -0.1) is 0 Å². The first-order valence-electron chi connectivity index (χ1n) is 8.96. The first-order chi connectivity index (χ1) is 13.9. The quantitative estimate of drug-likeness (QED) is 0.608. The molecule has 0 spiro atoms. The SMILES string of the molecule is CCc1ccccc1NC(=O)COC(=O)c1c(C)nn(-c2ccc(F)cc2)c1Cl. The van der Waals surface area contributed by atoms with Crippen LogP contribution in [0.2, 0.25) is 5.15 Å². The van der Waals surface area contributed by atoms with Crippen molar-refractivity contribution < 1.29 is 18.7 Å². The largest absolute Gasteiger partial charge is 0.452 e. The Bertz CT molecular complexity index is 1050. The number of nitrogens with zero attached hydrogens (tertiary/aromatic N) is 2. The summed E-state index contributed by atoms with van der Waals surface area (Å²) in [6, 6.07) is 12.9. The Balaban J connectivity index is 1.69. The predicted octanol–water partition coefficient (Wildman–Crippen LogP) is 4.33. The molecule has 1 N–H and O–H groups in total. The Hall–Kier alpha value is -3.19. The van der Waals surface area contributed by atoms with Gasteiger partial charge < -0.3 is 10.1 Å². The van der Waals surface area contributed by atoms with Crippen LogP contribution in [0.15, 0.2) is 48.5 Å². The topological polar surface area (TPSA) is 73.2 Å². The van der Waals surface area contributed by atoms with Crippen LogP contribution in [-0.4, -0.2) is 28.3 Å². The smallest absolute Gasteiger partial charge is 0.343 e. The standard InChI is InChI=1S/C21H19ClFN3O3/c1-3-14-6-4-5-7-17(14)24-18(27)12-29-21(28)19-13(2)25-26(20(19)22)16-10-8-15(23)9-11-16/h4-11H,3,12H2,1-2H3,(H,24,27). The molecule has 0 atom stereocenters. The van der Waals surface area contributed by atoms with Crippen LogP contribution in [-0.2, 0) is 16.0 Å². The summed E-state index contributed by atoms with van der Waals surface area (Å²) >= 11 is 6.29. The third kappa shape index (κ3) is 4.63. The van der Waals surface area contributed by atoms with E-state index in [1.165, 1.54) is 28.9 Å². The molecule has 3 aromatic rings. The van der Waals surface area contributed by atoms with Crippen molar-refractivity contribution in [2.75, 3.05) is 11.9 Å². The summed E-state index contributed by atoms with van der Waals surface area (Å²) in [4.78, 5) is 24.6. The van der Waals surface area contributed by atoms with E-state index in [1.54, 1.807) is 13.0 Å². The molecule has 2 aromatic carbocycles. The van der Waals surface area contributed by atoms with Gasteiger partial charge in [0.2, 0.25) is 0 Å². The summed E-state index contributed by atoms with van der Waals surface area (Å²) in [5, 5.41) is 6.96. The lowest BCUT2D eigenvalue weighted by Gasteiger charge is -2.10. The highest BCUT2D eigenvalue weighted by atomic mass is 35.5. The van der Waals surface area contributed by atoms with Crippen LogP contribution in [0, 0.1) is 12.7 Å². The van der Waals surface area contributed by atoms with Crippen LogP contribution < -0.4 is 5.32 Å². The van der Waals surface area contributed by atoms with E-state index in [4.69, 9.17) is 16.3 Å². The molecule has 0 aliphatic heterocycles. The van der Waals surface area contributed by atoms with E-state index in [-0.39, 0.29) is 10.7 Å². The fourth-order valence-electron chi connectivity index (χ4n) is 2.82. The molecule has 8 heteroatoms. The van der Waals surface area contributed by atoms with E-state index in [2.05, 4.69) is 10.4 Å². The van der Waals surface area contributed by atoms with Crippen molar-refractivity contribution in [3.05, 3.63) is 76.3 Å². The second-order valence-electron chi connectivity index (χ2n) is 6.27. The van der Waals surface area contributed by atoms with Gasteiger partial charge in [0.25, 0.3) is 5.91 Å². The maximum atomic E-state index is 13.1. The normalized spacial score (nSPS) is 10.6. The van der Waals surface area contributed by atoms with Crippen molar-refractivity contribution in [3.8, 4) is 5.69 Å². The molecule has 0 bridgehead atoms. The lowest BCUT2D eigenvalue weighted by atomic mass is 10.1. The van der Waals surface area contributed by atoms with E-state index in [1.807, 2.05) is 25.1 Å². The van der Waals surface area contributed by atoms with Crippen LogP contribution >= 0.6 is 11.6 Å². The predicted molar refractivity (Wildman–Crippen MR) is 108 cm³/mol. The monoisotopic (exact) mass is 415 g/mol. The fraction of sp³-hybridized carbons (Fsp3) is 0.190. The molecule has 0 saturated heterocycles. The van der Waals surface area contributed by atoms with Crippen LogP contribution in [0.1, 0.15) is 28.5 Å². The molecule has 0 fully saturated rings. The Morgan fingerprint density at radius 1 is 1.17 bits per heavy atom. The minimum Gasteiger partial charge on any atom is -0.452 e.